The molecule has 4 N–H and O–H groups in total. The van der Waals surface area contributed by atoms with Gasteiger partial charge in [-0.3, -0.25) is 14.9 Å². The second kappa shape index (κ2) is 9.67. The number of nitrogens with two attached hydrogens (primary N) is 1. The highest BCUT2D eigenvalue weighted by Gasteiger charge is 2.21. The fourth-order valence-electron chi connectivity index (χ4n) is 2.94. The van der Waals surface area contributed by atoms with Crippen molar-refractivity contribution in [3.8, 4) is 0 Å². The molecular formula is C22H20IN3O2S2. The Kier molecular flexibility index (Phi) is 7.22. The minimum absolute atomic E-state index is 0.116. The number of thiocarbonyl (C=S) groups is 1. The van der Waals surface area contributed by atoms with Crippen molar-refractivity contribution in [3.05, 3.63) is 84.8 Å². The summed E-state index contributed by atoms with van der Waals surface area (Å²) in [5.41, 5.74) is 9.57. The van der Waals surface area contributed by atoms with Crippen molar-refractivity contribution in [2.24, 2.45) is 5.73 Å². The molecule has 0 unspecified atom stereocenters. The number of hydrogen-bond acceptors (Lipinski definition) is 4. The average molecular weight is 549 g/mol. The van der Waals surface area contributed by atoms with Crippen LogP contribution < -0.4 is 16.4 Å². The standard InChI is InChI=1S/C22H20IN3O2S2/c1-12-8-9-15(11-16(12)23)20(28)25-22(29)26-21-18(19(24)27)13(2)17(30-21)10-14-6-4-3-5-7-14/h3-9,11H,10H2,1-2H3,(H2,24,27)(H2,25,26,28,29). The van der Waals surface area contributed by atoms with E-state index in [1.54, 1.807) is 12.1 Å². The van der Waals surface area contributed by atoms with E-state index in [0.717, 1.165) is 25.1 Å². The topological polar surface area (TPSA) is 84.2 Å². The van der Waals surface area contributed by atoms with Gasteiger partial charge in [0.2, 0.25) is 0 Å². The van der Waals surface area contributed by atoms with Crippen LogP contribution in [0.3, 0.4) is 0 Å². The Balaban J connectivity index is 1.78. The fourth-order valence-corrected chi connectivity index (χ4v) is 4.96. The van der Waals surface area contributed by atoms with Crippen molar-refractivity contribution in [2.45, 2.75) is 20.3 Å². The van der Waals surface area contributed by atoms with Gasteiger partial charge in [-0.25, -0.2) is 0 Å². The lowest BCUT2D eigenvalue weighted by molar-refractivity contribution is 0.0975. The summed E-state index contributed by atoms with van der Waals surface area (Å²) >= 11 is 8.91. The summed E-state index contributed by atoms with van der Waals surface area (Å²) in [5.74, 6) is -0.850. The zero-order chi connectivity index (χ0) is 21.8. The highest BCUT2D eigenvalue weighted by atomic mass is 127. The average Bonchev–Trinajstić information content (AvgIpc) is 2.99. The third-order valence-electron chi connectivity index (χ3n) is 4.59. The van der Waals surface area contributed by atoms with Crippen molar-refractivity contribution in [2.75, 3.05) is 5.32 Å². The van der Waals surface area contributed by atoms with Crippen LogP contribution in [0, 0.1) is 17.4 Å². The van der Waals surface area contributed by atoms with E-state index in [1.807, 2.05) is 50.2 Å². The zero-order valence-corrected chi connectivity index (χ0v) is 20.2. The van der Waals surface area contributed by atoms with Crippen LogP contribution in [0.5, 0.6) is 0 Å². The molecule has 2 amide bonds. The van der Waals surface area contributed by atoms with Gasteiger partial charge in [-0.2, -0.15) is 0 Å². The number of primary amides is 1. The van der Waals surface area contributed by atoms with Crippen LogP contribution in [-0.4, -0.2) is 16.9 Å². The number of halogens is 1. The third kappa shape index (κ3) is 5.24. The van der Waals surface area contributed by atoms with Gasteiger partial charge in [0.15, 0.2) is 5.11 Å². The summed E-state index contributed by atoms with van der Waals surface area (Å²) < 4.78 is 0.995. The fraction of sp³-hybridized carbons (Fsp3) is 0.136. The molecule has 0 aliphatic heterocycles. The molecule has 0 bridgehead atoms. The Hall–Kier alpha value is -2.30. The third-order valence-corrected chi connectivity index (χ3v) is 7.16. The molecule has 30 heavy (non-hydrogen) atoms. The van der Waals surface area contributed by atoms with Gasteiger partial charge in [0.05, 0.1) is 5.56 Å². The molecule has 1 aromatic heterocycles. The molecule has 1 heterocycles. The minimum Gasteiger partial charge on any atom is -0.365 e. The van der Waals surface area contributed by atoms with Gasteiger partial charge >= 0.3 is 0 Å². The summed E-state index contributed by atoms with van der Waals surface area (Å²) in [5, 5.41) is 6.30. The van der Waals surface area contributed by atoms with Crippen molar-refractivity contribution in [1.29, 1.82) is 0 Å². The number of benzene rings is 2. The number of aryl methyl sites for hydroxylation is 1. The van der Waals surface area contributed by atoms with Crippen LogP contribution in [0.1, 0.15) is 42.3 Å². The van der Waals surface area contributed by atoms with E-state index in [4.69, 9.17) is 18.0 Å². The number of hydrogen-bond donors (Lipinski definition) is 3. The van der Waals surface area contributed by atoms with Gasteiger partial charge < -0.3 is 11.1 Å². The molecule has 5 nitrogen and oxygen atoms in total. The second-order valence-corrected chi connectivity index (χ2v) is 9.43. The molecule has 3 aromatic rings. The number of carbonyl (C=O) groups excluding carboxylic acids is 2. The molecule has 154 valence electrons. The van der Waals surface area contributed by atoms with E-state index in [-0.39, 0.29) is 11.0 Å². The maximum absolute atomic E-state index is 12.5. The van der Waals surface area contributed by atoms with Gasteiger partial charge in [0.25, 0.3) is 11.8 Å². The van der Waals surface area contributed by atoms with Crippen LogP contribution in [-0.2, 0) is 6.42 Å². The van der Waals surface area contributed by atoms with Gasteiger partial charge in [-0.15, -0.1) is 11.3 Å². The lowest BCUT2D eigenvalue weighted by Crippen LogP contribution is -2.34. The summed E-state index contributed by atoms with van der Waals surface area (Å²) in [7, 11) is 0. The first kappa shape index (κ1) is 22.4. The Bertz CT molecular complexity index is 1130. The first-order valence-corrected chi connectivity index (χ1v) is 11.4. The number of rotatable bonds is 5. The predicted octanol–water partition coefficient (Wildman–Crippen LogP) is 4.79. The van der Waals surface area contributed by atoms with E-state index < -0.39 is 5.91 Å². The lowest BCUT2D eigenvalue weighted by Gasteiger charge is -2.10. The molecule has 0 fully saturated rings. The number of carbonyl (C=O) groups is 2. The Morgan fingerprint density at radius 3 is 2.47 bits per heavy atom. The molecule has 2 aromatic carbocycles. The highest BCUT2D eigenvalue weighted by Crippen LogP contribution is 2.34. The quantitative estimate of drug-likeness (QED) is 0.316. The second-order valence-electron chi connectivity index (χ2n) is 6.75. The highest BCUT2D eigenvalue weighted by molar-refractivity contribution is 14.1. The van der Waals surface area contributed by atoms with Crippen molar-refractivity contribution in [3.63, 3.8) is 0 Å². The van der Waals surface area contributed by atoms with Crippen LogP contribution in [0.4, 0.5) is 5.00 Å². The summed E-state index contributed by atoms with van der Waals surface area (Å²) in [6.07, 6.45) is 0.681. The number of anilines is 1. The van der Waals surface area contributed by atoms with Crippen molar-refractivity contribution >= 4 is 68.1 Å². The van der Waals surface area contributed by atoms with Crippen LogP contribution in [0.15, 0.2) is 48.5 Å². The summed E-state index contributed by atoms with van der Waals surface area (Å²) in [4.78, 5) is 25.6. The predicted molar refractivity (Wildman–Crippen MR) is 134 cm³/mol. The van der Waals surface area contributed by atoms with Gasteiger partial charge in [-0.1, -0.05) is 36.4 Å². The van der Waals surface area contributed by atoms with Gasteiger partial charge in [-0.05, 0) is 77.5 Å². The van der Waals surface area contributed by atoms with E-state index in [9.17, 15) is 9.59 Å². The molecule has 0 saturated heterocycles. The molecular weight excluding hydrogens is 529 g/mol. The molecule has 0 spiro atoms. The summed E-state index contributed by atoms with van der Waals surface area (Å²) in [6.45, 7) is 3.85. The smallest absolute Gasteiger partial charge is 0.257 e. The summed E-state index contributed by atoms with van der Waals surface area (Å²) in [6, 6.07) is 15.4. The Morgan fingerprint density at radius 1 is 1.13 bits per heavy atom. The number of amides is 2. The SMILES string of the molecule is Cc1ccc(C(=O)NC(=S)Nc2sc(Cc3ccccc3)c(C)c2C(N)=O)cc1I. The molecule has 0 aliphatic rings. The van der Waals surface area contributed by atoms with E-state index in [2.05, 4.69) is 33.2 Å². The van der Waals surface area contributed by atoms with E-state index in [1.165, 1.54) is 11.3 Å². The van der Waals surface area contributed by atoms with Crippen LogP contribution >= 0.6 is 46.1 Å². The Morgan fingerprint density at radius 2 is 1.83 bits per heavy atom. The maximum Gasteiger partial charge on any atom is 0.257 e. The van der Waals surface area contributed by atoms with E-state index in [0.29, 0.717) is 22.5 Å². The molecule has 0 aliphatic carbocycles. The maximum atomic E-state index is 12.5. The van der Waals surface area contributed by atoms with Crippen LogP contribution in [0.2, 0.25) is 0 Å². The largest absolute Gasteiger partial charge is 0.365 e. The molecule has 0 radical (unpaired) electrons. The molecule has 3 rings (SSSR count). The monoisotopic (exact) mass is 549 g/mol. The van der Waals surface area contributed by atoms with Crippen molar-refractivity contribution in [1.82, 2.24) is 5.32 Å². The lowest BCUT2D eigenvalue weighted by atomic mass is 10.1. The Labute approximate surface area is 198 Å². The first-order valence-electron chi connectivity index (χ1n) is 9.10. The number of thiophene rings is 1. The van der Waals surface area contributed by atoms with Gasteiger partial charge in [0.1, 0.15) is 5.00 Å². The molecule has 0 saturated carbocycles. The first-order chi connectivity index (χ1) is 14.3. The molecule has 8 heteroatoms. The van der Waals surface area contributed by atoms with Crippen LogP contribution in [0.25, 0.3) is 0 Å². The van der Waals surface area contributed by atoms with E-state index >= 15 is 0 Å². The molecule has 0 atom stereocenters. The number of nitrogens with one attached hydrogen (secondary N) is 2. The normalized spacial score (nSPS) is 10.5. The van der Waals surface area contributed by atoms with Crippen molar-refractivity contribution < 1.29 is 9.59 Å². The van der Waals surface area contributed by atoms with Gasteiger partial charge in [0, 0.05) is 20.4 Å². The minimum atomic E-state index is -0.534. The zero-order valence-electron chi connectivity index (χ0n) is 16.4.